The molecule has 0 saturated carbocycles. The summed E-state index contributed by atoms with van der Waals surface area (Å²) in [6.45, 7) is -0.325. The van der Waals surface area contributed by atoms with E-state index in [0.717, 1.165) is 0 Å². The van der Waals surface area contributed by atoms with E-state index in [1.165, 1.54) is 37.3 Å². The van der Waals surface area contributed by atoms with Crippen molar-refractivity contribution in [2.75, 3.05) is 39.2 Å². The van der Waals surface area contributed by atoms with Crippen molar-refractivity contribution < 1.29 is 33.8 Å². The smallest absolute Gasteiger partial charge is 0.337 e. The quantitative estimate of drug-likeness (QED) is 0.338. The predicted molar refractivity (Wildman–Crippen MR) is 112 cm³/mol. The van der Waals surface area contributed by atoms with E-state index in [-0.39, 0.29) is 48.1 Å². The molecule has 11 nitrogen and oxygen atoms in total. The number of hydrogen-bond donors (Lipinski definition) is 2. The summed E-state index contributed by atoms with van der Waals surface area (Å²) in [5, 5.41) is 23.4. The number of methoxy groups -OCH3 is 2. The Bertz CT molecular complexity index is 1070. The summed E-state index contributed by atoms with van der Waals surface area (Å²) >= 11 is 0. The van der Waals surface area contributed by atoms with Gasteiger partial charge in [0, 0.05) is 24.4 Å². The molecule has 2 N–H and O–H groups in total. The molecule has 0 unspecified atom stereocenters. The van der Waals surface area contributed by atoms with E-state index < -0.39 is 16.8 Å². The Balaban J connectivity index is 1.94. The largest absolute Gasteiger partial charge is 0.497 e. The summed E-state index contributed by atoms with van der Waals surface area (Å²) in [4.78, 5) is 36.9. The molecule has 0 aromatic heterocycles. The molecule has 0 radical (unpaired) electrons. The molecule has 0 bridgehead atoms. The van der Waals surface area contributed by atoms with E-state index in [0.29, 0.717) is 11.5 Å². The SMILES string of the molecule is COC(=O)C1=C(Nc2cc(Oc3ccc(OC)cc3)cc([N+](=O)[O-])c2)C(=O)N(CCO)C1. The molecular formula is C21H21N3O8. The molecule has 1 amide bonds. The number of carbonyl (C=O) groups is 2. The fourth-order valence-electron chi connectivity index (χ4n) is 3.09. The summed E-state index contributed by atoms with van der Waals surface area (Å²) in [5.74, 6) is -0.0827. The Hall–Kier alpha value is -4.12. The van der Waals surface area contributed by atoms with Gasteiger partial charge in [-0.05, 0) is 24.3 Å². The first-order valence-corrected chi connectivity index (χ1v) is 9.46. The Morgan fingerprint density at radius 2 is 1.84 bits per heavy atom. The molecule has 32 heavy (non-hydrogen) atoms. The summed E-state index contributed by atoms with van der Waals surface area (Å²) in [6, 6.07) is 10.5. The molecule has 1 aliphatic rings. The van der Waals surface area contributed by atoms with Crippen molar-refractivity contribution in [3.05, 3.63) is 63.8 Å². The van der Waals surface area contributed by atoms with Gasteiger partial charge in [0.25, 0.3) is 11.6 Å². The average molecular weight is 443 g/mol. The van der Waals surface area contributed by atoms with E-state index in [9.17, 15) is 19.7 Å². The maximum Gasteiger partial charge on any atom is 0.337 e. The van der Waals surface area contributed by atoms with Crippen molar-refractivity contribution in [2.24, 2.45) is 0 Å². The van der Waals surface area contributed by atoms with Gasteiger partial charge in [0.2, 0.25) is 0 Å². The van der Waals surface area contributed by atoms with Gasteiger partial charge in [-0.2, -0.15) is 0 Å². The van der Waals surface area contributed by atoms with E-state index in [2.05, 4.69) is 5.32 Å². The topological polar surface area (TPSA) is 140 Å². The Morgan fingerprint density at radius 1 is 1.16 bits per heavy atom. The number of aliphatic hydroxyl groups excluding tert-OH is 1. The Labute approximate surface area is 182 Å². The molecular weight excluding hydrogens is 422 g/mol. The lowest BCUT2D eigenvalue weighted by Crippen LogP contribution is -2.31. The highest BCUT2D eigenvalue weighted by Gasteiger charge is 2.34. The Kier molecular flexibility index (Phi) is 6.90. The summed E-state index contributed by atoms with van der Waals surface area (Å²) in [6.07, 6.45) is 0. The van der Waals surface area contributed by atoms with Crippen molar-refractivity contribution in [1.29, 1.82) is 0 Å². The van der Waals surface area contributed by atoms with Crippen molar-refractivity contribution in [1.82, 2.24) is 4.90 Å². The molecule has 0 fully saturated rings. The number of non-ortho nitro benzene ring substituents is 1. The molecule has 1 aliphatic heterocycles. The van der Waals surface area contributed by atoms with Gasteiger partial charge < -0.3 is 29.5 Å². The first kappa shape index (κ1) is 22.6. The molecule has 2 aromatic carbocycles. The van der Waals surface area contributed by atoms with Crippen LogP contribution < -0.4 is 14.8 Å². The standard InChI is InChI=1S/C21H21N3O8/c1-30-15-3-5-16(6-4-15)32-17-10-13(9-14(11-17)24(28)29)22-19-18(21(27)31-2)12-23(7-8-25)20(19)26/h3-6,9-11,22,25H,7-8,12H2,1-2H3. The van der Waals surface area contributed by atoms with E-state index in [4.69, 9.17) is 19.3 Å². The number of aliphatic hydroxyl groups is 1. The molecule has 1 heterocycles. The van der Waals surface area contributed by atoms with Crippen molar-refractivity contribution in [2.45, 2.75) is 0 Å². The molecule has 0 atom stereocenters. The lowest BCUT2D eigenvalue weighted by atomic mass is 10.2. The van der Waals surface area contributed by atoms with Gasteiger partial charge in [-0.25, -0.2) is 4.79 Å². The molecule has 0 saturated heterocycles. The normalized spacial score (nSPS) is 13.2. The molecule has 2 aromatic rings. The van der Waals surface area contributed by atoms with Crippen LogP contribution in [0.25, 0.3) is 0 Å². The number of esters is 1. The first-order valence-electron chi connectivity index (χ1n) is 9.46. The average Bonchev–Trinajstić information content (AvgIpc) is 3.09. The number of nitro groups is 1. The summed E-state index contributed by atoms with van der Waals surface area (Å²) in [5.41, 5.74) is -0.147. The van der Waals surface area contributed by atoms with Crippen LogP contribution in [-0.2, 0) is 14.3 Å². The van der Waals surface area contributed by atoms with Crippen LogP contribution >= 0.6 is 0 Å². The number of β-amino-alcohol motifs (C(OH)–C–C–N with tert-alkyl or cyclic N) is 1. The molecule has 168 valence electrons. The number of benzene rings is 2. The van der Waals surface area contributed by atoms with Crippen LogP contribution in [0.3, 0.4) is 0 Å². The first-order chi connectivity index (χ1) is 15.4. The van der Waals surface area contributed by atoms with E-state index in [1.807, 2.05) is 0 Å². The van der Waals surface area contributed by atoms with Gasteiger partial charge in [-0.3, -0.25) is 14.9 Å². The highest BCUT2D eigenvalue weighted by molar-refractivity contribution is 6.08. The maximum atomic E-state index is 12.7. The maximum absolute atomic E-state index is 12.7. The van der Waals surface area contributed by atoms with Gasteiger partial charge in [-0.1, -0.05) is 0 Å². The van der Waals surface area contributed by atoms with Crippen LogP contribution in [-0.4, -0.2) is 60.7 Å². The van der Waals surface area contributed by atoms with Crippen LogP contribution in [0.1, 0.15) is 0 Å². The highest BCUT2D eigenvalue weighted by Crippen LogP contribution is 2.32. The van der Waals surface area contributed by atoms with Gasteiger partial charge >= 0.3 is 5.97 Å². The number of rotatable bonds is 9. The van der Waals surface area contributed by atoms with E-state index >= 15 is 0 Å². The molecule has 0 aliphatic carbocycles. The molecule has 3 rings (SSSR count). The zero-order valence-electron chi connectivity index (χ0n) is 17.4. The van der Waals surface area contributed by atoms with Gasteiger partial charge in [0.1, 0.15) is 22.9 Å². The number of ether oxygens (including phenoxy) is 3. The highest BCUT2D eigenvalue weighted by atomic mass is 16.6. The Morgan fingerprint density at radius 3 is 2.44 bits per heavy atom. The molecule has 11 heteroatoms. The summed E-state index contributed by atoms with van der Waals surface area (Å²) < 4.78 is 15.5. The minimum atomic E-state index is -0.721. The molecule has 0 spiro atoms. The van der Waals surface area contributed by atoms with Crippen LogP contribution in [0, 0.1) is 10.1 Å². The fraction of sp³-hybridized carbons (Fsp3) is 0.238. The van der Waals surface area contributed by atoms with Gasteiger partial charge in [-0.15, -0.1) is 0 Å². The minimum Gasteiger partial charge on any atom is -0.497 e. The lowest BCUT2D eigenvalue weighted by molar-refractivity contribution is -0.384. The second-order valence-corrected chi connectivity index (χ2v) is 6.67. The lowest BCUT2D eigenvalue weighted by Gasteiger charge is -2.15. The second kappa shape index (κ2) is 9.79. The number of amides is 1. The third-order valence-corrected chi connectivity index (χ3v) is 4.62. The van der Waals surface area contributed by atoms with Crippen molar-refractivity contribution >= 4 is 23.3 Å². The van der Waals surface area contributed by atoms with Crippen molar-refractivity contribution in [3.8, 4) is 17.2 Å². The number of nitro benzene ring substituents is 1. The van der Waals surface area contributed by atoms with Crippen LogP contribution in [0.5, 0.6) is 17.2 Å². The third-order valence-electron chi connectivity index (χ3n) is 4.62. The predicted octanol–water partition coefficient (Wildman–Crippen LogP) is 2.07. The second-order valence-electron chi connectivity index (χ2n) is 6.67. The number of nitrogens with zero attached hydrogens (tertiary/aromatic N) is 2. The summed E-state index contributed by atoms with van der Waals surface area (Å²) in [7, 11) is 2.71. The zero-order chi connectivity index (χ0) is 23.3. The van der Waals surface area contributed by atoms with Crippen molar-refractivity contribution in [3.63, 3.8) is 0 Å². The third kappa shape index (κ3) is 4.95. The number of hydrogen-bond acceptors (Lipinski definition) is 9. The fourth-order valence-corrected chi connectivity index (χ4v) is 3.09. The minimum absolute atomic E-state index is 0.0191. The van der Waals surface area contributed by atoms with Crippen LogP contribution in [0.15, 0.2) is 53.7 Å². The van der Waals surface area contributed by atoms with Gasteiger partial charge in [0.15, 0.2) is 0 Å². The van der Waals surface area contributed by atoms with Crippen LogP contribution in [0.4, 0.5) is 11.4 Å². The van der Waals surface area contributed by atoms with E-state index in [1.54, 1.807) is 24.3 Å². The number of carbonyl (C=O) groups excluding carboxylic acids is 2. The number of anilines is 1. The monoisotopic (exact) mass is 443 g/mol. The number of nitrogens with one attached hydrogen (secondary N) is 1. The van der Waals surface area contributed by atoms with Crippen LogP contribution in [0.2, 0.25) is 0 Å². The zero-order valence-corrected chi connectivity index (χ0v) is 17.4. The van der Waals surface area contributed by atoms with Gasteiger partial charge in [0.05, 0.1) is 43.9 Å².